The molecule has 1 saturated heterocycles. The third-order valence-corrected chi connectivity index (χ3v) is 4.07. The molecule has 1 fully saturated rings. The SMILES string of the molecule is O=C1C(P(=O)(O)O)CC(O)N1OCc1ccccc1. The molecule has 104 valence electrons. The first-order valence-corrected chi connectivity index (χ1v) is 7.31. The van der Waals surface area contributed by atoms with Crippen molar-refractivity contribution < 1.29 is 29.1 Å². The standard InChI is InChI=1S/C11H14NO6P/c13-10-6-9(19(15,16)17)11(14)12(10)18-7-8-4-2-1-3-5-8/h1-5,9-10,13H,6-7H2,(H2,15,16,17). The highest BCUT2D eigenvalue weighted by Crippen LogP contribution is 2.47. The maximum absolute atomic E-state index is 11.7. The maximum atomic E-state index is 11.7. The van der Waals surface area contributed by atoms with Gasteiger partial charge in [-0.2, -0.15) is 5.06 Å². The van der Waals surface area contributed by atoms with E-state index in [0.29, 0.717) is 5.06 Å². The molecule has 0 aromatic heterocycles. The zero-order chi connectivity index (χ0) is 14.0. The van der Waals surface area contributed by atoms with Crippen molar-refractivity contribution in [3.8, 4) is 0 Å². The van der Waals surface area contributed by atoms with Gasteiger partial charge in [-0.15, -0.1) is 0 Å². The number of hydrogen-bond acceptors (Lipinski definition) is 4. The fraction of sp³-hybridized carbons (Fsp3) is 0.364. The van der Waals surface area contributed by atoms with E-state index in [0.717, 1.165) is 5.56 Å². The van der Waals surface area contributed by atoms with E-state index in [1.54, 1.807) is 24.3 Å². The topological polar surface area (TPSA) is 107 Å². The van der Waals surface area contributed by atoms with Gasteiger partial charge in [0.2, 0.25) is 0 Å². The number of nitrogens with zero attached hydrogens (tertiary/aromatic N) is 1. The van der Waals surface area contributed by atoms with E-state index in [1.165, 1.54) is 0 Å². The van der Waals surface area contributed by atoms with Crippen LogP contribution in [0.3, 0.4) is 0 Å². The lowest BCUT2D eigenvalue weighted by molar-refractivity contribution is -0.225. The molecule has 1 heterocycles. The predicted octanol–water partition coefficient (Wildman–Crippen LogP) is 0.215. The zero-order valence-electron chi connectivity index (χ0n) is 9.92. The van der Waals surface area contributed by atoms with Gasteiger partial charge in [-0.05, 0) is 5.56 Å². The number of carbonyl (C=O) groups excluding carboxylic acids is 1. The quantitative estimate of drug-likeness (QED) is 0.684. The van der Waals surface area contributed by atoms with Crippen molar-refractivity contribution in [2.75, 3.05) is 0 Å². The van der Waals surface area contributed by atoms with Crippen molar-refractivity contribution in [2.24, 2.45) is 0 Å². The molecule has 7 nitrogen and oxygen atoms in total. The lowest BCUT2D eigenvalue weighted by Crippen LogP contribution is -2.34. The Bertz CT molecular complexity index is 501. The minimum atomic E-state index is -4.57. The van der Waals surface area contributed by atoms with Crippen LogP contribution in [-0.2, 0) is 20.8 Å². The van der Waals surface area contributed by atoms with Crippen molar-refractivity contribution in [1.82, 2.24) is 5.06 Å². The molecular weight excluding hydrogens is 273 g/mol. The third-order valence-electron chi connectivity index (χ3n) is 2.83. The Hall–Kier alpha value is -1.24. The van der Waals surface area contributed by atoms with Gasteiger partial charge < -0.3 is 14.9 Å². The Morgan fingerprint density at radius 2 is 1.95 bits per heavy atom. The number of aliphatic hydroxyl groups excluding tert-OH is 1. The summed E-state index contributed by atoms with van der Waals surface area (Å²) in [6, 6.07) is 8.95. The molecule has 2 unspecified atom stereocenters. The average molecular weight is 287 g/mol. The number of amides is 1. The van der Waals surface area contributed by atoms with Crippen LogP contribution in [0.4, 0.5) is 0 Å². The fourth-order valence-electron chi connectivity index (χ4n) is 1.84. The highest BCUT2D eigenvalue weighted by Gasteiger charge is 2.48. The summed E-state index contributed by atoms with van der Waals surface area (Å²) in [6.45, 7) is 0.0392. The number of hydrogen-bond donors (Lipinski definition) is 3. The van der Waals surface area contributed by atoms with Crippen molar-refractivity contribution in [3.63, 3.8) is 0 Å². The van der Waals surface area contributed by atoms with Crippen molar-refractivity contribution in [3.05, 3.63) is 35.9 Å². The van der Waals surface area contributed by atoms with E-state index in [9.17, 15) is 14.5 Å². The van der Waals surface area contributed by atoms with Gasteiger partial charge >= 0.3 is 7.60 Å². The van der Waals surface area contributed by atoms with Gasteiger partial charge in [0.1, 0.15) is 12.3 Å². The predicted molar refractivity (Wildman–Crippen MR) is 64.5 cm³/mol. The molecule has 1 aromatic rings. The lowest BCUT2D eigenvalue weighted by Gasteiger charge is -2.19. The summed E-state index contributed by atoms with van der Waals surface area (Å²) in [5.74, 6) is -0.892. The second-order valence-corrected chi connectivity index (χ2v) is 6.05. The number of carbonyl (C=O) groups is 1. The molecule has 3 N–H and O–H groups in total. The molecule has 1 aromatic carbocycles. The van der Waals surface area contributed by atoms with Crippen LogP contribution in [0, 0.1) is 0 Å². The Labute approximate surface area is 109 Å². The smallest absolute Gasteiger partial charge is 0.338 e. The van der Waals surface area contributed by atoms with Crippen molar-refractivity contribution in [1.29, 1.82) is 0 Å². The van der Waals surface area contributed by atoms with Crippen LogP contribution in [0.5, 0.6) is 0 Å². The van der Waals surface area contributed by atoms with Gasteiger partial charge in [0, 0.05) is 6.42 Å². The number of hydroxylamine groups is 2. The van der Waals surface area contributed by atoms with Crippen LogP contribution in [-0.4, -0.2) is 37.8 Å². The fourth-order valence-corrected chi connectivity index (χ4v) is 2.70. The molecule has 0 spiro atoms. The van der Waals surface area contributed by atoms with Crippen LogP contribution in [0.25, 0.3) is 0 Å². The number of rotatable bonds is 4. The summed E-state index contributed by atoms with van der Waals surface area (Å²) in [4.78, 5) is 34.9. The molecule has 1 aliphatic rings. The Kier molecular flexibility index (Phi) is 4.03. The van der Waals surface area contributed by atoms with Gasteiger partial charge in [0.05, 0.1) is 0 Å². The monoisotopic (exact) mass is 287 g/mol. The molecule has 2 rings (SSSR count). The van der Waals surface area contributed by atoms with Gasteiger partial charge in [-0.1, -0.05) is 30.3 Å². The first kappa shape index (κ1) is 14.2. The first-order chi connectivity index (χ1) is 8.89. The minimum Gasteiger partial charge on any atom is -0.371 e. The summed E-state index contributed by atoms with van der Waals surface area (Å²) in [5, 5.41) is 10.2. The highest BCUT2D eigenvalue weighted by molar-refractivity contribution is 7.53. The Morgan fingerprint density at radius 3 is 2.47 bits per heavy atom. The van der Waals surface area contributed by atoms with Gasteiger partial charge in [0.25, 0.3) is 5.91 Å². The van der Waals surface area contributed by atoms with E-state index < -0.39 is 25.4 Å². The average Bonchev–Trinajstić information content (AvgIpc) is 2.64. The molecule has 0 bridgehead atoms. The molecule has 0 aliphatic carbocycles. The van der Waals surface area contributed by atoms with Crippen LogP contribution in [0.2, 0.25) is 0 Å². The molecule has 8 heteroatoms. The summed E-state index contributed by atoms with van der Waals surface area (Å²) >= 11 is 0. The Balaban J connectivity index is 2.01. The van der Waals surface area contributed by atoms with Crippen molar-refractivity contribution >= 4 is 13.5 Å². The molecule has 2 atom stereocenters. The molecule has 1 amide bonds. The summed E-state index contributed by atoms with van der Waals surface area (Å²) in [5.41, 5.74) is -0.750. The summed E-state index contributed by atoms with van der Waals surface area (Å²) < 4.78 is 11.1. The summed E-state index contributed by atoms with van der Waals surface area (Å²) in [6.07, 6.45) is -1.67. The van der Waals surface area contributed by atoms with Gasteiger partial charge in [-0.3, -0.25) is 14.2 Å². The van der Waals surface area contributed by atoms with Gasteiger partial charge in [-0.25, -0.2) is 0 Å². The Morgan fingerprint density at radius 1 is 1.32 bits per heavy atom. The van der Waals surface area contributed by atoms with Crippen LogP contribution < -0.4 is 0 Å². The zero-order valence-corrected chi connectivity index (χ0v) is 10.8. The van der Waals surface area contributed by atoms with Crippen molar-refractivity contribution in [2.45, 2.75) is 24.9 Å². The molecule has 0 radical (unpaired) electrons. The number of aliphatic hydroxyl groups is 1. The largest absolute Gasteiger partial charge is 0.371 e. The normalized spacial score (nSPS) is 23.9. The van der Waals surface area contributed by atoms with Crippen LogP contribution >= 0.6 is 7.60 Å². The van der Waals surface area contributed by atoms with E-state index in [4.69, 9.17) is 14.6 Å². The molecular formula is C11H14NO6P. The highest BCUT2D eigenvalue weighted by atomic mass is 31.2. The number of benzene rings is 1. The summed E-state index contributed by atoms with van der Waals surface area (Å²) in [7, 11) is -4.57. The van der Waals surface area contributed by atoms with E-state index in [2.05, 4.69) is 0 Å². The van der Waals surface area contributed by atoms with Crippen LogP contribution in [0.1, 0.15) is 12.0 Å². The maximum Gasteiger partial charge on any atom is 0.338 e. The molecule has 0 saturated carbocycles. The molecule has 1 aliphatic heterocycles. The third kappa shape index (κ3) is 3.20. The van der Waals surface area contributed by atoms with E-state index in [1.807, 2.05) is 6.07 Å². The second kappa shape index (κ2) is 5.40. The van der Waals surface area contributed by atoms with Crippen LogP contribution in [0.15, 0.2) is 30.3 Å². The second-order valence-electron chi connectivity index (χ2n) is 4.24. The minimum absolute atomic E-state index is 0.0392. The molecule has 19 heavy (non-hydrogen) atoms. The first-order valence-electron chi connectivity index (χ1n) is 5.63. The van der Waals surface area contributed by atoms with Gasteiger partial charge in [0.15, 0.2) is 6.23 Å². The van der Waals surface area contributed by atoms with E-state index in [-0.39, 0.29) is 13.0 Å². The lowest BCUT2D eigenvalue weighted by atomic mass is 10.2. The van der Waals surface area contributed by atoms with E-state index >= 15 is 0 Å².